The fourth-order valence-corrected chi connectivity index (χ4v) is 1.79. The molecule has 1 N–H and O–H groups in total. The van der Waals surface area contributed by atoms with Crippen molar-refractivity contribution in [2.75, 3.05) is 0 Å². The fraction of sp³-hybridized carbons (Fsp3) is 0.214. The van der Waals surface area contributed by atoms with Gasteiger partial charge in [-0.3, -0.25) is 0 Å². The minimum atomic E-state index is -0.654. The Labute approximate surface area is 106 Å². The average molecular weight is 248 g/mol. The lowest BCUT2D eigenvalue weighted by molar-refractivity contribution is 0.220. The predicted molar refractivity (Wildman–Crippen MR) is 69.2 cm³/mol. The molecule has 17 heavy (non-hydrogen) atoms. The van der Waals surface area contributed by atoms with Crippen LogP contribution in [0.5, 0.6) is 0 Å². The Morgan fingerprint density at radius 2 is 1.76 bits per heavy atom. The second kappa shape index (κ2) is 4.86. The zero-order valence-corrected chi connectivity index (χ0v) is 10.6. The standard InChI is InChI=1S/C14H14ClNO/c1-9-3-4-11(7-10(9)2)14(17)12-5-6-13(15)16-8-12/h3-8,14,17H,1-2H3. The van der Waals surface area contributed by atoms with E-state index in [0.29, 0.717) is 5.15 Å². The lowest BCUT2D eigenvalue weighted by atomic mass is 9.99. The summed E-state index contributed by atoms with van der Waals surface area (Å²) in [6.45, 7) is 4.08. The zero-order chi connectivity index (χ0) is 12.4. The highest BCUT2D eigenvalue weighted by Gasteiger charge is 2.11. The Balaban J connectivity index is 2.33. The molecule has 0 saturated heterocycles. The normalized spacial score (nSPS) is 12.5. The molecule has 1 heterocycles. The highest BCUT2D eigenvalue weighted by molar-refractivity contribution is 6.29. The quantitative estimate of drug-likeness (QED) is 0.825. The number of aliphatic hydroxyl groups is 1. The highest BCUT2D eigenvalue weighted by atomic mass is 35.5. The van der Waals surface area contributed by atoms with Gasteiger partial charge in [0.1, 0.15) is 11.3 Å². The topological polar surface area (TPSA) is 33.1 Å². The van der Waals surface area contributed by atoms with E-state index in [1.165, 1.54) is 11.1 Å². The minimum absolute atomic E-state index is 0.432. The summed E-state index contributed by atoms with van der Waals surface area (Å²) < 4.78 is 0. The van der Waals surface area contributed by atoms with Crippen LogP contribution in [-0.2, 0) is 0 Å². The van der Waals surface area contributed by atoms with Gasteiger partial charge in [0.2, 0.25) is 0 Å². The number of hydrogen-bond acceptors (Lipinski definition) is 2. The number of rotatable bonds is 2. The van der Waals surface area contributed by atoms with Crippen LogP contribution in [0.15, 0.2) is 36.5 Å². The van der Waals surface area contributed by atoms with Gasteiger partial charge in [-0.25, -0.2) is 4.98 Å². The van der Waals surface area contributed by atoms with Crippen LogP contribution in [0.25, 0.3) is 0 Å². The molecule has 0 aliphatic carbocycles. The van der Waals surface area contributed by atoms with E-state index in [0.717, 1.165) is 11.1 Å². The van der Waals surface area contributed by atoms with Crippen LogP contribution < -0.4 is 0 Å². The molecule has 1 unspecified atom stereocenters. The van der Waals surface area contributed by atoms with Crippen molar-refractivity contribution in [3.63, 3.8) is 0 Å². The first kappa shape index (κ1) is 12.1. The zero-order valence-electron chi connectivity index (χ0n) is 9.81. The van der Waals surface area contributed by atoms with Crippen LogP contribution in [0.4, 0.5) is 0 Å². The third-order valence-corrected chi connectivity index (χ3v) is 3.14. The Morgan fingerprint density at radius 3 is 2.35 bits per heavy atom. The van der Waals surface area contributed by atoms with Gasteiger partial charge in [-0.2, -0.15) is 0 Å². The first-order chi connectivity index (χ1) is 8.08. The highest BCUT2D eigenvalue weighted by Crippen LogP contribution is 2.23. The first-order valence-electron chi connectivity index (χ1n) is 5.44. The van der Waals surface area contributed by atoms with Crippen molar-refractivity contribution >= 4 is 11.6 Å². The van der Waals surface area contributed by atoms with E-state index < -0.39 is 6.10 Å². The molecule has 0 radical (unpaired) electrons. The van der Waals surface area contributed by atoms with E-state index in [-0.39, 0.29) is 0 Å². The molecule has 1 atom stereocenters. The number of pyridine rings is 1. The Hall–Kier alpha value is -1.38. The number of benzene rings is 1. The third kappa shape index (κ3) is 2.65. The van der Waals surface area contributed by atoms with Crippen LogP contribution in [-0.4, -0.2) is 10.1 Å². The average Bonchev–Trinajstić information content (AvgIpc) is 2.33. The maximum absolute atomic E-state index is 10.2. The molecule has 0 fully saturated rings. The molecule has 1 aromatic heterocycles. The molecule has 0 bridgehead atoms. The summed E-state index contributed by atoms with van der Waals surface area (Å²) >= 11 is 5.72. The van der Waals surface area contributed by atoms with E-state index in [1.807, 2.05) is 25.1 Å². The number of aliphatic hydroxyl groups excluding tert-OH is 1. The number of aryl methyl sites for hydroxylation is 2. The summed E-state index contributed by atoms with van der Waals surface area (Å²) in [7, 11) is 0. The van der Waals surface area contributed by atoms with Gasteiger partial charge in [-0.1, -0.05) is 35.9 Å². The summed E-state index contributed by atoms with van der Waals surface area (Å²) in [5.74, 6) is 0. The lowest BCUT2D eigenvalue weighted by Crippen LogP contribution is -2.01. The smallest absolute Gasteiger partial charge is 0.129 e. The van der Waals surface area contributed by atoms with Gasteiger partial charge in [0, 0.05) is 11.8 Å². The molecule has 2 aromatic rings. The summed E-state index contributed by atoms with van der Waals surface area (Å²) in [6, 6.07) is 9.41. The van der Waals surface area contributed by atoms with E-state index in [2.05, 4.69) is 11.9 Å². The lowest BCUT2D eigenvalue weighted by Gasteiger charge is -2.12. The Morgan fingerprint density at radius 1 is 1.06 bits per heavy atom. The van der Waals surface area contributed by atoms with Crippen molar-refractivity contribution in [3.05, 3.63) is 63.9 Å². The largest absolute Gasteiger partial charge is 0.384 e. The van der Waals surface area contributed by atoms with Gasteiger partial charge in [0.25, 0.3) is 0 Å². The fourth-order valence-electron chi connectivity index (χ4n) is 1.68. The summed E-state index contributed by atoms with van der Waals surface area (Å²) in [4.78, 5) is 3.97. The second-order valence-electron chi connectivity index (χ2n) is 4.16. The number of aromatic nitrogens is 1. The van der Waals surface area contributed by atoms with Gasteiger partial charge in [-0.15, -0.1) is 0 Å². The van der Waals surface area contributed by atoms with E-state index in [4.69, 9.17) is 11.6 Å². The van der Waals surface area contributed by atoms with Crippen LogP contribution in [0.2, 0.25) is 5.15 Å². The molecular formula is C14H14ClNO. The summed E-state index contributed by atoms with van der Waals surface area (Å²) in [6.07, 6.45) is 0.946. The van der Waals surface area contributed by atoms with Crippen molar-refractivity contribution in [2.24, 2.45) is 0 Å². The summed E-state index contributed by atoms with van der Waals surface area (Å²) in [5.41, 5.74) is 4.01. The maximum Gasteiger partial charge on any atom is 0.129 e. The molecule has 0 saturated carbocycles. The summed E-state index contributed by atoms with van der Waals surface area (Å²) in [5, 5.41) is 10.6. The SMILES string of the molecule is Cc1ccc(C(O)c2ccc(Cl)nc2)cc1C. The van der Waals surface area contributed by atoms with Gasteiger partial charge in [0.05, 0.1) is 0 Å². The predicted octanol–water partition coefficient (Wildman–Crippen LogP) is 3.43. The molecular weight excluding hydrogens is 234 g/mol. The van der Waals surface area contributed by atoms with Gasteiger partial charge >= 0.3 is 0 Å². The molecule has 0 spiro atoms. The molecule has 2 rings (SSSR count). The molecule has 0 amide bonds. The Bertz CT molecular complexity index is 522. The van der Waals surface area contributed by atoms with Crippen LogP contribution in [0, 0.1) is 13.8 Å². The third-order valence-electron chi connectivity index (χ3n) is 2.91. The van der Waals surface area contributed by atoms with E-state index in [1.54, 1.807) is 18.3 Å². The molecule has 3 heteroatoms. The molecule has 0 aliphatic rings. The monoisotopic (exact) mass is 247 g/mol. The van der Waals surface area contributed by atoms with Crippen molar-refractivity contribution in [2.45, 2.75) is 20.0 Å². The number of halogens is 1. The van der Waals surface area contributed by atoms with Crippen molar-refractivity contribution in [1.29, 1.82) is 0 Å². The maximum atomic E-state index is 10.2. The van der Waals surface area contributed by atoms with Gasteiger partial charge in [-0.05, 0) is 36.6 Å². The molecule has 1 aromatic carbocycles. The van der Waals surface area contributed by atoms with Crippen molar-refractivity contribution < 1.29 is 5.11 Å². The van der Waals surface area contributed by atoms with E-state index >= 15 is 0 Å². The van der Waals surface area contributed by atoms with Gasteiger partial charge in [0.15, 0.2) is 0 Å². The molecule has 2 nitrogen and oxygen atoms in total. The van der Waals surface area contributed by atoms with Crippen LogP contribution in [0.1, 0.15) is 28.4 Å². The number of hydrogen-bond donors (Lipinski definition) is 1. The number of nitrogens with zero attached hydrogens (tertiary/aromatic N) is 1. The Kier molecular flexibility index (Phi) is 3.46. The van der Waals surface area contributed by atoms with Crippen LogP contribution >= 0.6 is 11.6 Å². The van der Waals surface area contributed by atoms with E-state index in [9.17, 15) is 5.11 Å². The minimum Gasteiger partial charge on any atom is -0.384 e. The molecule has 0 aliphatic heterocycles. The van der Waals surface area contributed by atoms with Gasteiger partial charge < -0.3 is 5.11 Å². The second-order valence-corrected chi connectivity index (χ2v) is 4.55. The van der Waals surface area contributed by atoms with Crippen molar-refractivity contribution in [3.8, 4) is 0 Å². The molecule has 88 valence electrons. The first-order valence-corrected chi connectivity index (χ1v) is 5.82. The van der Waals surface area contributed by atoms with Crippen LogP contribution in [0.3, 0.4) is 0 Å². The van der Waals surface area contributed by atoms with Crippen molar-refractivity contribution in [1.82, 2.24) is 4.98 Å².